The third-order valence-corrected chi connectivity index (χ3v) is 5.94. The number of amides is 2. The maximum atomic E-state index is 13.5. The molecule has 2 amide bonds. The zero-order valence-corrected chi connectivity index (χ0v) is 18.6. The lowest BCUT2D eigenvalue weighted by molar-refractivity contribution is -0.120. The van der Waals surface area contributed by atoms with Crippen LogP contribution in [0.1, 0.15) is 16.7 Å². The Hall–Kier alpha value is -3.08. The van der Waals surface area contributed by atoms with E-state index in [2.05, 4.69) is 0 Å². The Bertz CT molecular complexity index is 1190. The van der Waals surface area contributed by atoms with Crippen LogP contribution in [0.5, 0.6) is 0 Å². The van der Waals surface area contributed by atoms with Crippen molar-refractivity contribution < 1.29 is 9.59 Å². The average Bonchev–Trinajstić information content (AvgIpc) is 3.02. The van der Waals surface area contributed by atoms with E-state index >= 15 is 0 Å². The molecule has 1 aliphatic rings. The van der Waals surface area contributed by atoms with E-state index in [0.29, 0.717) is 34.1 Å². The van der Waals surface area contributed by atoms with Crippen LogP contribution in [-0.4, -0.2) is 23.8 Å². The lowest BCUT2D eigenvalue weighted by Crippen LogP contribution is -2.34. The van der Waals surface area contributed by atoms with Gasteiger partial charge in [-0.25, -0.2) is 4.90 Å². The minimum atomic E-state index is -0.391. The van der Waals surface area contributed by atoms with Crippen molar-refractivity contribution in [1.29, 1.82) is 0 Å². The van der Waals surface area contributed by atoms with E-state index in [-0.39, 0.29) is 10.9 Å². The SMILES string of the molecule is Cc1ccc(C2=C(N(C)Cc3ccccc3)C(=O)N(c3ccc(Cl)c(Cl)c3)C2=O)cc1. The van der Waals surface area contributed by atoms with E-state index in [0.717, 1.165) is 16.0 Å². The Balaban J connectivity index is 1.80. The molecule has 0 radical (unpaired) electrons. The molecule has 31 heavy (non-hydrogen) atoms. The number of anilines is 1. The highest BCUT2D eigenvalue weighted by Crippen LogP contribution is 2.37. The number of aryl methyl sites for hydroxylation is 1. The molecule has 0 N–H and O–H groups in total. The lowest BCUT2D eigenvalue weighted by atomic mass is 10.0. The molecule has 4 rings (SSSR count). The van der Waals surface area contributed by atoms with Crippen LogP contribution >= 0.6 is 23.2 Å². The average molecular weight is 451 g/mol. The summed E-state index contributed by atoms with van der Waals surface area (Å²) in [5.74, 6) is -0.778. The second kappa shape index (κ2) is 8.58. The molecule has 1 aliphatic heterocycles. The van der Waals surface area contributed by atoms with Crippen LogP contribution in [0.3, 0.4) is 0 Å². The number of hydrogen-bond acceptors (Lipinski definition) is 3. The number of likely N-dealkylation sites (N-methyl/N-ethyl adjacent to an activating group) is 1. The van der Waals surface area contributed by atoms with Crippen LogP contribution in [0.15, 0.2) is 78.5 Å². The number of hydrogen-bond donors (Lipinski definition) is 0. The summed E-state index contributed by atoms with van der Waals surface area (Å²) in [5.41, 5.74) is 3.91. The van der Waals surface area contributed by atoms with E-state index in [1.165, 1.54) is 6.07 Å². The Morgan fingerprint density at radius 1 is 0.839 bits per heavy atom. The minimum Gasteiger partial charge on any atom is -0.365 e. The molecule has 0 aliphatic carbocycles. The smallest absolute Gasteiger partial charge is 0.282 e. The van der Waals surface area contributed by atoms with Crippen molar-refractivity contribution in [3.8, 4) is 0 Å². The largest absolute Gasteiger partial charge is 0.365 e. The van der Waals surface area contributed by atoms with E-state index < -0.39 is 5.91 Å². The van der Waals surface area contributed by atoms with Crippen LogP contribution in [0.25, 0.3) is 5.57 Å². The van der Waals surface area contributed by atoms with Crippen LogP contribution in [0.2, 0.25) is 10.0 Å². The van der Waals surface area contributed by atoms with E-state index in [1.807, 2.05) is 73.5 Å². The summed E-state index contributed by atoms with van der Waals surface area (Å²) >= 11 is 12.2. The number of imide groups is 1. The zero-order valence-electron chi connectivity index (χ0n) is 17.1. The summed E-state index contributed by atoms with van der Waals surface area (Å²) in [6.45, 7) is 2.46. The molecule has 1 heterocycles. The standard InChI is InChI=1S/C25H20Cl2N2O2/c1-16-8-10-18(11-9-16)22-23(28(2)15-17-6-4-3-5-7-17)25(31)29(24(22)30)19-12-13-20(26)21(27)14-19/h3-14H,15H2,1-2H3. The van der Waals surface area contributed by atoms with Gasteiger partial charge in [-0.15, -0.1) is 0 Å². The summed E-state index contributed by atoms with van der Waals surface area (Å²) in [7, 11) is 1.82. The Kier molecular flexibility index (Phi) is 5.86. The first-order chi connectivity index (χ1) is 14.9. The van der Waals surface area contributed by atoms with Gasteiger partial charge in [-0.1, -0.05) is 83.4 Å². The Labute approximate surface area is 191 Å². The molecule has 0 aromatic heterocycles. The van der Waals surface area contributed by atoms with Gasteiger partial charge >= 0.3 is 0 Å². The van der Waals surface area contributed by atoms with Crippen molar-refractivity contribution in [1.82, 2.24) is 4.90 Å². The molecule has 3 aromatic carbocycles. The van der Waals surface area contributed by atoms with E-state index in [4.69, 9.17) is 23.2 Å². The van der Waals surface area contributed by atoms with E-state index in [1.54, 1.807) is 12.1 Å². The highest BCUT2D eigenvalue weighted by molar-refractivity contribution is 6.46. The second-order valence-corrected chi connectivity index (χ2v) is 8.29. The highest BCUT2D eigenvalue weighted by Gasteiger charge is 2.41. The fourth-order valence-electron chi connectivity index (χ4n) is 3.65. The molecule has 0 fully saturated rings. The fourth-order valence-corrected chi connectivity index (χ4v) is 3.94. The van der Waals surface area contributed by atoms with Crippen molar-refractivity contribution in [3.63, 3.8) is 0 Å². The first-order valence-corrected chi connectivity index (χ1v) is 10.5. The molecule has 0 bridgehead atoms. The number of benzene rings is 3. The highest BCUT2D eigenvalue weighted by atomic mass is 35.5. The van der Waals surface area contributed by atoms with Crippen LogP contribution in [-0.2, 0) is 16.1 Å². The maximum absolute atomic E-state index is 13.5. The summed E-state index contributed by atoms with van der Waals surface area (Å²) in [4.78, 5) is 30.0. The first kappa shape index (κ1) is 21.2. The summed E-state index contributed by atoms with van der Waals surface area (Å²) in [5, 5.41) is 0.639. The Morgan fingerprint density at radius 2 is 1.52 bits per heavy atom. The molecule has 6 heteroatoms. The number of rotatable bonds is 5. The molecule has 0 atom stereocenters. The molecular weight excluding hydrogens is 431 g/mol. The molecule has 156 valence electrons. The van der Waals surface area contributed by atoms with Crippen LogP contribution in [0.4, 0.5) is 5.69 Å². The quantitative estimate of drug-likeness (QED) is 0.466. The van der Waals surface area contributed by atoms with Crippen molar-refractivity contribution in [2.75, 3.05) is 11.9 Å². The van der Waals surface area contributed by atoms with Gasteiger partial charge in [-0.3, -0.25) is 9.59 Å². The summed E-state index contributed by atoms with van der Waals surface area (Å²) in [6.07, 6.45) is 0. The second-order valence-electron chi connectivity index (χ2n) is 7.48. The zero-order chi connectivity index (χ0) is 22.1. The molecule has 0 unspecified atom stereocenters. The number of nitrogens with zero attached hydrogens (tertiary/aromatic N) is 2. The predicted molar refractivity (Wildman–Crippen MR) is 125 cm³/mol. The van der Waals surface area contributed by atoms with Crippen LogP contribution < -0.4 is 4.90 Å². The lowest BCUT2D eigenvalue weighted by Gasteiger charge is -2.22. The van der Waals surface area contributed by atoms with Crippen molar-refractivity contribution in [2.24, 2.45) is 0 Å². The van der Waals surface area contributed by atoms with Gasteiger partial charge in [0.2, 0.25) is 0 Å². The maximum Gasteiger partial charge on any atom is 0.282 e. The summed E-state index contributed by atoms with van der Waals surface area (Å²) < 4.78 is 0. The predicted octanol–water partition coefficient (Wildman–Crippen LogP) is 5.72. The third kappa shape index (κ3) is 4.09. The van der Waals surface area contributed by atoms with Crippen LogP contribution in [0, 0.1) is 6.92 Å². The Morgan fingerprint density at radius 3 is 2.16 bits per heavy atom. The first-order valence-electron chi connectivity index (χ1n) is 9.77. The molecule has 0 spiro atoms. The summed E-state index contributed by atoms with van der Waals surface area (Å²) in [6, 6.07) is 22.1. The monoisotopic (exact) mass is 450 g/mol. The number of carbonyl (C=O) groups excluding carboxylic acids is 2. The van der Waals surface area contributed by atoms with Gasteiger partial charge < -0.3 is 4.90 Å². The number of halogens is 2. The van der Waals surface area contributed by atoms with E-state index in [9.17, 15) is 9.59 Å². The topological polar surface area (TPSA) is 40.6 Å². The van der Waals surface area contributed by atoms with Crippen molar-refractivity contribution in [3.05, 3.63) is 105 Å². The minimum absolute atomic E-state index is 0.280. The van der Waals surface area contributed by atoms with Gasteiger partial charge in [-0.2, -0.15) is 0 Å². The van der Waals surface area contributed by atoms with Gasteiger partial charge in [0, 0.05) is 13.6 Å². The normalized spacial score (nSPS) is 13.9. The van der Waals surface area contributed by atoms with Gasteiger partial charge in [0.25, 0.3) is 11.8 Å². The molecule has 0 saturated carbocycles. The molecule has 3 aromatic rings. The van der Waals surface area contributed by atoms with Gasteiger partial charge in [0.15, 0.2) is 0 Å². The molecular formula is C25H20Cl2N2O2. The van der Waals surface area contributed by atoms with Gasteiger partial charge in [-0.05, 0) is 36.2 Å². The molecule has 4 nitrogen and oxygen atoms in total. The fraction of sp³-hybridized carbons (Fsp3) is 0.120. The number of carbonyl (C=O) groups is 2. The van der Waals surface area contributed by atoms with Crippen molar-refractivity contribution >= 4 is 46.3 Å². The third-order valence-electron chi connectivity index (χ3n) is 5.21. The van der Waals surface area contributed by atoms with Gasteiger partial charge in [0.05, 0.1) is 21.3 Å². The van der Waals surface area contributed by atoms with Gasteiger partial charge in [0.1, 0.15) is 5.70 Å². The molecule has 0 saturated heterocycles. The van der Waals surface area contributed by atoms with Crippen molar-refractivity contribution in [2.45, 2.75) is 13.5 Å².